The lowest BCUT2D eigenvalue weighted by atomic mass is 10.0. The van der Waals surface area contributed by atoms with Crippen molar-refractivity contribution in [2.45, 2.75) is 32.4 Å². The van der Waals surface area contributed by atoms with Gasteiger partial charge in [0.2, 0.25) is 5.91 Å². The summed E-state index contributed by atoms with van der Waals surface area (Å²) >= 11 is 0. The number of carbonyl (C=O) groups is 1. The van der Waals surface area contributed by atoms with Crippen LogP contribution in [0.3, 0.4) is 0 Å². The summed E-state index contributed by atoms with van der Waals surface area (Å²) in [6.07, 6.45) is 1.08. The van der Waals surface area contributed by atoms with Crippen LogP contribution in [0, 0.1) is 5.92 Å². The van der Waals surface area contributed by atoms with Crippen LogP contribution >= 0.6 is 0 Å². The van der Waals surface area contributed by atoms with Crippen molar-refractivity contribution in [3.05, 3.63) is 35.9 Å². The molecule has 1 fully saturated rings. The molecule has 1 saturated heterocycles. The summed E-state index contributed by atoms with van der Waals surface area (Å²) in [4.78, 5) is 14.2. The number of likely N-dealkylation sites (tertiary alicyclic amines) is 1. The monoisotopic (exact) mass is 232 g/mol. The molecule has 1 aliphatic heterocycles. The highest BCUT2D eigenvalue weighted by Gasteiger charge is 2.33. The molecular formula is C14H20N2O. The van der Waals surface area contributed by atoms with Gasteiger partial charge in [-0.2, -0.15) is 0 Å². The van der Waals surface area contributed by atoms with Gasteiger partial charge < -0.3 is 10.6 Å². The van der Waals surface area contributed by atoms with Crippen LogP contribution in [0.25, 0.3) is 0 Å². The van der Waals surface area contributed by atoms with Gasteiger partial charge in [0.05, 0.1) is 0 Å². The minimum atomic E-state index is -0.524. The zero-order valence-electron chi connectivity index (χ0n) is 10.5. The molecule has 1 aromatic rings. The lowest BCUT2D eigenvalue weighted by molar-refractivity contribution is -0.133. The molecule has 1 amide bonds. The Morgan fingerprint density at radius 3 is 2.53 bits per heavy atom. The molecular weight excluding hydrogens is 212 g/mol. The van der Waals surface area contributed by atoms with Gasteiger partial charge in [-0.1, -0.05) is 37.3 Å². The number of rotatable bonds is 2. The summed E-state index contributed by atoms with van der Waals surface area (Å²) < 4.78 is 0. The van der Waals surface area contributed by atoms with E-state index in [0.717, 1.165) is 18.5 Å². The van der Waals surface area contributed by atoms with E-state index in [0.29, 0.717) is 12.0 Å². The van der Waals surface area contributed by atoms with Crippen LogP contribution in [0.4, 0.5) is 0 Å². The van der Waals surface area contributed by atoms with Crippen LogP contribution in [-0.2, 0) is 4.79 Å². The summed E-state index contributed by atoms with van der Waals surface area (Å²) in [7, 11) is 0. The largest absolute Gasteiger partial charge is 0.338 e. The number of hydrogen-bond acceptors (Lipinski definition) is 2. The Bertz CT molecular complexity index is 390. The normalized spacial score (nSPS) is 25.9. The molecule has 0 spiro atoms. The molecule has 1 aliphatic rings. The van der Waals surface area contributed by atoms with Crippen molar-refractivity contribution >= 4 is 5.91 Å². The average molecular weight is 232 g/mol. The first-order valence-corrected chi connectivity index (χ1v) is 6.22. The van der Waals surface area contributed by atoms with E-state index < -0.39 is 6.04 Å². The first kappa shape index (κ1) is 12.1. The van der Waals surface area contributed by atoms with Crippen molar-refractivity contribution in [3.63, 3.8) is 0 Å². The van der Waals surface area contributed by atoms with Crippen LogP contribution in [0.2, 0.25) is 0 Å². The van der Waals surface area contributed by atoms with Gasteiger partial charge in [-0.05, 0) is 24.8 Å². The van der Waals surface area contributed by atoms with E-state index in [4.69, 9.17) is 5.73 Å². The Morgan fingerprint density at radius 2 is 2.00 bits per heavy atom. The topological polar surface area (TPSA) is 46.3 Å². The fourth-order valence-electron chi connectivity index (χ4n) is 2.39. The van der Waals surface area contributed by atoms with Gasteiger partial charge in [0, 0.05) is 12.6 Å². The number of benzene rings is 1. The molecule has 0 radical (unpaired) electrons. The molecule has 1 heterocycles. The fourth-order valence-corrected chi connectivity index (χ4v) is 2.39. The van der Waals surface area contributed by atoms with Gasteiger partial charge in [-0.15, -0.1) is 0 Å². The average Bonchev–Trinajstić information content (AvgIpc) is 2.69. The van der Waals surface area contributed by atoms with Crippen LogP contribution in [0.5, 0.6) is 0 Å². The second-order valence-electron chi connectivity index (χ2n) is 4.93. The van der Waals surface area contributed by atoms with Crippen LogP contribution in [0.15, 0.2) is 30.3 Å². The number of hydrogen-bond donors (Lipinski definition) is 1. The Balaban J connectivity index is 2.11. The van der Waals surface area contributed by atoms with E-state index in [1.54, 1.807) is 0 Å². The van der Waals surface area contributed by atoms with Gasteiger partial charge in [0.15, 0.2) is 0 Å². The highest BCUT2D eigenvalue weighted by atomic mass is 16.2. The molecule has 0 aliphatic carbocycles. The molecule has 0 aromatic heterocycles. The van der Waals surface area contributed by atoms with Gasteiger partial charge in [-0.25, -0.2) is 0 Å². The minimum absolute atomic E-state index is 0.0491. The van der Waals surface area contributed by atoms with E-state index in [9.17, 15) is 4.79 Å². The van der Waals surface area contributed by atoms with Crippen molar-refractivity contribution in [2.75, 3.05) is 6.54 Å². The highest BCUT2D eigenvalue weighted by molar-refractivity contribution is 5.83. The Labute approximate surface area is 103 Å². The number of nitrogens with zero attached hydrogens (tertiary/aromatic N) is 1. The molecule has 0 saturated carbocycles. The van der Waals surface area contributed by atoms with Gasteiger partial charge in [0.1, 0.15) is 6.04 Å². The lowest BCUT2D eigenvalue weighted by Gasteiger charge is -2.26. The summed E-state index contributed by atoms with van der Waals surface area (Å²) in [6, 6.07) is 9.36. The third-order valence-corrected chi connectivity index (χ3v) is 3.85. The first-order valence-electron chi connectivity index (χ1n) is 6.22. The second kappa shape index (κ2) is 4.88. The third kappa shape index (κ3) is 2.34. The minimum Gasteiger partial charge on any atom is -0.338 e. The maximum absolute atomic E-state index is 12.3. The first-order chi connectivity index (χ1) is 8.11. The zero-order chi connectivity index (χ0) is 12.4. The molecule has 92 valence electrons. The maximum atomic E-state index is 12.3. The van der Waals surface area contributed by atoms with Crippen molar-refractivity contribution < 1.29 is 4.79 Å². The Kier molecular flexibility index (Phi) is 3.48. The molecule has 2 N–H and O–H groups in total. The van der Waals surface area contributed by atoms with Gasteiger partial charge in [-0.3, -0.25) is 4.79 Å². The van der Waals surface area contributed by atoms with Crippen molar-refractivity contribution in [1.29, 1.82) is 0 Å². The molecule has 2 rings (SSSR count). The number of nitrogens with two attached hydrogens (primary N) is 1. The molecule has 3 nitrogen and oxygen atoms in total. The number of amides is 1. The van der Waals surface area contributed by atoms with E-state index >= 15 is 0 Å². The van der Waals surface area contributed by atoms with Crippen molar-refractivity contribution in [3.8, 4) is 0 Å². The molecule has 0 unspecified atom stereocenters. The van der Waals surface area contributed by atoms with E-state index in [2.05, 4.69) is 13.8 Å². The van der Waals surface area contributed by atoms with Gasteiger partial charge in [0.25, 0.3) is 0 Å². The standard InChI is InChI=1S/C14H20N2O/c1-10-8-9-16(11(10)2)14(17)13(15)12-6-4-3-5-7-12/h3-7,10-11,13H,8-9,15H2,1-2H3/t10-,11-,13+/m1/s1. The maximum Gasteiger partial charge on any atom is 0.244 e. The quantitative estimate of drug-likeness (QED) is 0.847. The molecule has 0 bridgehead atoms. The van der Waals surface area contributed by atoms with Crippen molar-refractivity contribution in [1.82, 2.24) is 4.90 Å². The summed E-state index contributed by atoms with van der Waals surface area (Å²) in [6.45, 7) is 5.13. The molecule has 3 atom stereocenters. The summed E-state index contributed by atoms with van der Waals surface area (Å²) in [5, 5.41) is 0. The summed E-state index contributed by atoms with van der Waals surface area (Å²) in [5.41, 5.74) is 6.93. The SMILES string of the molecule is C[C@@H]1CCN(C(=O)[C@@H](N)c2ccccc2)[C@@H]1C. The second-order valence-corrected chi connectivity index (χ2v) is 4.93. The zero-order valence-corrected chi connectivity index (χ0v) is 10.5. The van der Waals surface area contributed by atoms with Crippen LogP contribution in [0.1, 0.15) is 31.9 Å². The van der Waals surface area contributed by atoms with Crippen LogP contribution in [-0.4, -0.2) is 23.4 Å². The Hall–Kier alpha value is -1.35. The molecule has 3 heteroatoms. The van der Waals surface area contributed by atoms with E-state index in [1.807, 2.05) is 35.2 Å². The summed E-state index contributed by atoms with van der Waals surface area (Å²) in [5.74, 6) is 0.620. The highest BCUT2D eigenvalue weighted by Crippen LogP contribution is 2.26. The molecule has 17 heavy (non-hydrogen) atoms. The fraction of sp³-hybridized carbons (Fsp3) is 0.500. The predicted octanol–water partition coefficient (Wildman–Crippen LogP) is 1.94. The van der Waals surface area contributed by atoms with Gasteiger partial charge >= 0.3 is 0 Å². The smallest absolute Gasteiger partial charge is 0.244 e. The van der Waals surface area contributed by atoms with E-state index in [1.165, 1.54) is 0 Å². The predicted molar refractivity (Wildman–Crippen MR) is 68.3 cm³/mol. The Morgan fingerprint density at radius 1 is 1.35 bits per heavy atom. The lowest BCUT2D eigenvalue weighted by Crippen LogP contribution is -2.41. The van der Waals surface area contributed by atoms with E-state index in [-0.39, 0.29) is 5.91 Å². The number of carbonyl (C=O) groups excluding carboxylic acids is 1. The third-order valence-electron chi connectivity index (χ3n) is 3.85. The van der Waals surface area contributed by atoms with Crippen molar-refractivity contribution in [2.24, 2.45) is 11.7 Å². The molecule has 1 aromatic carbocycles. The van der Waals surface area contributed by atoms with Crippen LogP contribution < -0.4 is 5.73 Å².